The number of rotatable bonds is 4. The highest BCUT2D eigenvalue weighted by Gasteiger charge is 2.70. The summed E-state index contributed by atoms with van der Waals surface area (Å²) in [5.74, 6) is -8.05. The van der Waals surface area contributed by atoms with E-state index in [9.17, 15) is 33.5 Å². The number of urea groups is 1. The minimum atomic E-state index is -1.64. The number of nitrogens with one attached hydrogen (secondary N) is 1. The number of aromatic hydroxyl groups is 1. The van der Waals surface area contributed by atoms with Gasteiger partial charge in [-0.05, 0) is 78.4 Å². The third-order valence-corrected chi connectivity index (χ3v) is 10.4. The van der Waals surface area contributed by atoms with Gasteiger partial charge in [-0.15, -0.1) is 0 Å². The average molecular weight is 663 g/mol. The van der Waals surface area contributed by atoms with E-state index in [4.69, 9.17) is 28.9 Å². The lowest BCUT2D eigenvalue weighted by atomic mass is 9.49. The van der Waals surface area contributed by atoms with Crippen LogP contribution in [-0.4, -0.2) is 44.7 Å². The van der Waals surface area contributed by atoms with E-state index in [2.05, 4.69) is 5.43 Å². The first-order valence-corrected chi connectivity index (χ1v) is 15.2. The highest BCUT2D eigenvalue weighted by molar-refractivity contribution is 6.32. The summed E-state index contributed by atoms with van der Waals surface area (Å²) in [6.45, 7) is 0. The normalized spacial score (nSPS) is 28.5. The Bertz CT molecular complexity index is 1880. The van der Waals surface area contributed by atoms with E-state index >= 15 is 0 Å². The summed E-state index contributed by atoms with van der Waals surface area (Å²) in [6, 6.07) is 14.8. The number of anilines is 1. The van der Waals surface area contributed by atoms with E-state index in [0.29, 0.717) is 26.6 Å². The maximum absolute atomic E-state index is 15.0. The number of halogens is 3. The Morgan fingerprint density at radius 2 is 1.63 bits per heavy atom. The number of phenolic OH excluding ortho intramolecular Hbond substituents is 1. The molecule has 10 nitrogen and oxygen atoms in total. The number of phenols is 1. The molecule has 0 bridgehead atoms. The molecule has 3 aromatic rings. The zero-order valence-corrected chi connectivity index (χ0v) is 25.3. The molecule has 2 saturated heterocycles. The molecule has 3 aromatic carbocycles. The van der Waals surface area contributed by atoms with Gasteiger partial charge in [0.15, 0.2) is 0 Å². The van der Waals surface area contributed by atoms with Gasteiger partial charge in [0.05, 0.1) is 28.9 Å². The second-order valence-corrected chi connectivity index (χ2v) is 12.8. The lowest BCUT2D eigenvalue weighted by Crippen LogP contribution is -2.53. The van der Waals surface area contributed by atoms with Crippen LogP contribution in [0.25, 0.3) is 0 Å². The number of fused-ring (bicyclic) bond motifs is 4. The molecular weight excluding hydrogens is 638 g/mol. The number of carbonyl (C=O) groups is 5. The summed E-state index contributed by atoms with van der Waals surface area (Å²) in [7, 11) is 0. The first kappa shape index (κ1) is 29.9. The number of nitrogens with two attached hydrogens (primary N) is 1. The van der Waals surface area contributed by atoms with Crippen LogP contribution in [0.2, 0.25) is 10.0 Å². The summed E-state index contributed by atoms with van der Waals surface area (Å²) < 4.78 is 13.7. The molecule has 0 radical (unpaired) electrons. The quantitative estimate of drug-likeness (QED) is 0.266. The maximum atomic E-state index is 15.0. The van der Waals surface area contributed by atoms with Crippen LogP contribution in [0.15, 0.2) is 78.4 Å². The molecule has 7 rings (SSSR count). The number of hydrogen-bond acceptors (Lipinski definition) is 7. The van der Waals surface area contributed by atoms with Gasteiger partial charge >= 0.3 is 6.03 Å². The Morgan fingerprint density at radius 3 is 2.28 bits per heavy atom. The molecule has 0 spiro atoms. The van der Waals surface area contributed by atoms with Crippen LogP contribution in [0.4, 0.5) is 14.9 Å². The molecule has 46 heavy (non-hydrogen) atoms. The number of hydrazine groups is 1. The Balaban J connectivity index is 1.47. The van der Waals surface area contributed by atoms with Crippen molar-refractivity contribution in [1.82, 2.24) is 9.91 Å². The van der Waals surface area contributed by atoms with Crippen LogP contribution < -0.4 is 11.2 Å². The van der Waals surface area contributed by atoms with Crippen molar-refractivity contribution in [3.8, 4) is 5.75 Å². The summed E-state index contributed by atoms with van der Waals surface area (Å²) in [5, 5.41) is 11.6. The molecule has 4 aliphatic rings. The third-order valence-electron chi connectivity index (χ3n) is 9.77. The molecule has 6 atom stereocenters. The van der Waals surface area contributed by atoms with Crippen molar-refractivity contribution in [2.45, 2.75) is 24.2 Å². The highest BCUT2D eigenvalue weighted by atomic mass is 35.5. The smallest absolute Gasteiger partial charge is 0.328 e. The van der Waals surface area contributed by atoms with E-state index in [1.807, 2.05) is 0 Å². The molecule has 13 heteroatoms. The summed E-state index contributed by atoms with van der Waals surface area (Å²) in [5.41, 5.74) is 8.36. The predicted octanol–water partition coefficient (Wildman–Crippen LogP) is 4.90. The number of benzene rings is 3. The number of nitrogens with zero attached hydrogens (tertiary/aromatic N) is 2. The molecule has 2 heterocycles. The number of hydrogen-bond donors (Lipinski definition) is 3. The van der Waals surface area contributed by atoms with Crippen LogP contribution in [0.5, 0.6) is 5.75 Å². The minimum absolute atomic E-state index is 0.0282. The Labute approximate surface area is 271 Å². The third kappa shape index (κ3) is 4.18. The van der Waals surface area contributed by atoms with E-state index in [1.165, 1.54) is 36.4 Å². The Kier molecular flexibility index (Phi) is 6.95. The van der Waals surface area contributed by atoms with Gasteiger partial charge in [-0.1, -0.05) is 53.1 Å². The largest absolute Gasteiger partial charge is 0.508 e. The molecule has 234 valence electrons. The van der Waals surface area contributed by atoms with E-state index < -0.39 is 70.5 Å². The van der Waals surface area contributed by atoms with Crippen molar-refractivity contribution in [3.05, 3.63) is 105 Å². The van der Waals surface area contributed by atoms with E-state index in [1.54, 1.807) is 36.4 Å². The highest BCUT2D eigenvalue weighted by Crippen LogP contribution is 2.64. The molecule has 0 unspecified atom stereocenters. The fourth-order valence-electron chi connectivity index (χ4n) is 7.97. The molecule has 4 N–H and O–H groups in total. The molecule has 6 amide bonds. The second kappa shape index (κ2) is 10.7. The van der Waals surface area contributed by atoms with Gasteiger partial charge in [0, 0.05) is 16.0 Å². The van der Waals surface area contributed by atoms with Crippen molar-refractivity contribution in [3.63, 3.8) is 0 Å². The van der Waals surface area contributed by atoms with Crippen LogP contribution in [0, 0.1) is 29.5 Å². The molecular formula is C33H25Cl2FN4O6. The standard InChI is InChI=1S/C33H25Cl2FN4O6/c34-16-3-1-15(2-4-16)33-24(29(43)40(31(33)45)38-18-7-5-17(36)6-8-18)14-23-20(27(33)21-10-9-19(41)13-25(21)35)11-12-22-26(23)30(44)39(28(22)42)32(37)46/h1-11,13,22-24,26-27,38,41H,12,14H2,(H2,37,46)/t22-,23+,24-,26-,27+,33+/m0/s1. The predicted molar refractivity (Wildman–Crippen MR) is 164 cm³/mol. The summed E-state index contributed by atoms with van der Waals surface area (Å²) >= 11 is 13.1. The van der Waals surface area contributed by atoms with Crippen LogP contribution >= 0.6 is 23.2 Å². The molecule has 0 aromatic heterocycles. The monoisotopic (exact) mass is 662 g/mol. The number of carbonyl (C=O) groups excluding carboxylic acids is 5. The number of primary amides is 1. The van der Waals surface area contributed by atoms with Crippen LogP contribution in [-0.2, 0) is 24.6 Å². The number of allylic oxidation sites excluding steroid dienone is 2. The second-order valence-electron chi connectivity index (χ2n) is 11.9. The minimum Gasteiger partial charge on any atom is -0.508 e. The first-order valence-electron chi connectivity index (χ1n) is 14.5. The Hall–Kier alpha value is -4.74. The number of likely N-dealkylation sites (tertiary alicyclic amines) is 1. The number of amides is 6. The first-order chi connectivity index (χ1) is 21.9. The molecule has 2 aliphatic carbocycles. The topological polar surface area (TPSA) is 150 Å². The van der Waals surface area contributed by atoms with Gasteiger partial charge in [0.25, 0.3) is 11.8 Å². The van der Waals surface area contributed by atoms with Crippen LogP contribution in [0.3, 0.4) is 0 Å². The van der Waals surface area contributed by atoms with Crippen molar-refractivity contribution >= 4 is 58.5 Å². The molecule has 1 saturated carbocycles. The van der Waals surface area contributed by atoms with Crippen molar-refractivity contribution < 1.29 is 33.5 Å². The van der Waals surface area contributed by atoms with Crippen molar-refractivity contribution in [2.75, 3.05) is 5.43 Å². The fraction of sp³-hybridized carbons (Fsp3) is 0.242. The Morgan fingerprint density at radius 1 is 0.935 bits per heavy atom. The zero-order chi connectivity index (χ0) is 32.7. The maximum Gasteiger partial charge on any atom is 0.328 e. The SMILES string of the molecule is NC(=O)N1C(=O)[C@H]2[C@H](CC=C3[C@H]2C[C@H]2C(=O)N(Nc4ccc(F)cc4)C(=O)[C@@]2(c2ccc(Cl)cc2)[C@H]3c2ccc(O)cc2Cl)C1=O. The van der Waals surface area contributed by atoms with Crippen molar-refractivity contribution in [1.29, 1.82) is 0 Å². The van der Waals surface area contributed by atoms with Crippen molar-refractivity contribution in [2.24, 2.45) is 29.4 Å². The average Bonchev–Trinajstić information content (AvgIpc) is 3.40. The van der Waals surface area contributed by atoms with Gasteiger partial charge in [0.2, 0.25) is 11.8 Å². The summed E-state index contributed by atoms with van der Waals surface area (Å²) in [6.07, 6.45) is 1.84. The van der Waals surface area contributed by atoms with Gasteiger partial charge in [-0.2, -0.15) is 9.91 Å². The zero-order valence-electron chi connectivity index (χ0n) is 23.8. The van der Waals surface area contributed by atoms with Gasteiger partial charge in [0.1, 0.15) is 11.6 Å². The van der Waals surface area contributed by atoms with E-state index in [-0.39, 0.29) is 29.3 Å². The van der Waals surface area contributed by atoms with E-state index in [0.717, 1.165) is 5.01 Å². The molecule has 3 fully saturated rings. The lowest BCUT2D eigenvalue weighted by molar-refractivity contribution is -0.139. The fourth-order valence-corrected chi connectivity index (χ4v) is 8.38. The lowest BCUT2D eigenvalue weighted by Gasteiger charge is -2.50. The summed E-state index contributed by atoms with van der Waals surface area (Å²) in [4.78, 5) is 68.9. The molecule has 2 aliphatic heterocycles. The van der Waals surface area contributed by atoms with Gasteiger partial charge in [-0.25, -0.2) is 9.18 Å². The van der Waals surface area contributed by atoms with Crippen LogP contribution in [0.1, 0.15) is 29.9 Å². The number of imide groups is 4. The van der Waals surface area contributed by atoms with Gasteiger partial charge < -0.3 is 10.8 Å². The van der Waals surface area contributed by atoms with Gasteiger partial charge in [-0.3, -0.25) is 24.6 Å².